The van der Waals surface area contributed by atoms with E-state index >= 15 is 0 Å². The van der Waals surface area contributed by atoms with Gasteiger partial charge in [-0.1, -0.05) is 72.8 Å². The van der Waals surface area contributed by atoms with E-state index in [9.17, 15) is 9.18 Å². The van der Waals surface area contributed by atoms with Crippen LogP contribution in [0.3, 0.4) is 0 Å². The molecule has 0 saturated carbocycles. The number of hydrogen-bond acceptors (Lipinski definition) is 2. The number of carbonyl (C=O) groups excluding carboxylic acids is 1. The molecule has 4 heteroatoms. The highest BCUT2D eigenvalue weighted by Gasteiger charge is 2.15. The van der Waals surface area contributed by atoms with Crippen molar-refractivity contribution in [2.75, 3.05) is 12.3 Å². The van der Waals surface area contributed by atoms with Gasteiger partial charge in [0.1, 0.15) is 5.82 Å². The fourth-order valence-electron chi connectivity index (χ4n) is 2.77. The predicted molar refractivity (Wildman–Crippen MR) is 105 cm³/mol. The van der Waals surface area contributed by atoms with E-state index in [1.807, 2.05) is 36.4 Å². The van der Waals surface area contributed by atoms with Gasteiger partial charge in [-0.25, -0.2) is 4.39 Å². The highest BCUT2D eigenvalue weighted by atomic mass is 32.2. The van der Waals surface area contributed by atoms with E-state index in [-0.39, 0.29) is 23.4 Å². The van der Waals surface area contributed by atoms with Crippen molar-refractivity contribution in [3.63, 3.8) is 0 Å². The molecule has 2 nitrogen and oxygen atoms in total. The highest BCUT2D eigenvalue weighted by Crippen LogP contribution is 2.24. The Morgan fingerprint density at radius 3 is 1.96 bits per heavy atom. The van der Waals surface area contributed by atoms with Crippen molar-refractivity contribution in [3.05, 3.63) is 102 Å². The molecular formula is C22H20FNOS. The van der Waals surface area contributed by atoms with Crippen molar-refractivity contribution < 1.29 is 9.18 Å². The van der Waals surface area contributed by atoms with Crippen molar-refractivity contribution >= 4 is 17.7 Å². The molecular weight excluding hydrogens is 345 g/mol. The van der Waals surface area contributed by atoms with Gasteiger partial charge >= 0.3 is 0 Å². The summed E-state index contributed by atoms with van der Waals surface area (Å²) in [5.74, 6) is -0.122. The normalized spacial score (nSPS) is 10.7. The standard InChI is InChI=1S/C22H20FNOS/c23-20-13-7-8-14-21(20)26-16-22(25)24-15-19(17-9-3-1-4-10-17)18-11-5-2-6-12-18/h1-14,19H,15-16H2,(H,24,25). The maximum absolute atomic E-state index is 13.6. The minimum Gasteiger partial charge on any atom is -0.354 e. The first-order valence-corrected chi connectivity index (χ1v) is 9.46. The minimum atomic E-state index is -0.295. The molecule has 0 spiro atoms. The molecule has 0 saturated heterocycles. The van der Waals surface area contributed by atoms with Crippen LogP contribution in [0.2, 0.25) is 0 Å². The lowest BCUT2D eigenvalue weighted by molar-refractivity contribution is -0.118. The number of benzene rings is 3. The molecule has 3 aromatic carbocycles. The summed E-state index contributed by atoms with van der Waals surface area (Å²) in [6.45, 7) is 0.505. The van der Waals surface area contributed by atoms with E-state index in [1.165, 1.54) is 17.8 Å². The van der Waals surface area contributed by atoms with Gasteiger partial charge in [0.05, 0.1) is 5.75 Å². The van der Waals surface area contributed by atoms with Gasteiger partial charge in [0.25, 0.3) is 0 Å². The van der Waals surface area contributed by atoms with Crippen LogP contribution in [-0.2, 0) is 4.79 Å². The smallest absolute Gasteiger partial charge is 0.230 e. The number of nitrogens with one attached hydrogen (secondary N) is 1. The molecule has 3 aromatic rings. The van der Waals surface area contributed by atoms with E-state index in [2.05, 4.69) is 29.6 Å². The van der Waals surface area contributed by atoms with Gasteiger partial charge in [-0.2, -0.15) is 0 Å². The van der Waals surface area contributed by atoms with Crippen molar-refractivity contribution in [2.24, 2.45) is 0 Å². The van der Waals surface area contributed by atoms with Gasteiger partial charge in [-0.3, -0.25) is 4.79 Å². The molecule has 0 aliphatic carbocycles. The Hall–Kier alpha value is -2.59. The summed E-state index contributed by atoms with van der Waals surface area (Å²) in [6.07, 6.45) is 0. The van der Waals surface area contributed by atoms with Crippen molar-refractivity contribution in [3.8, 4) is 0 Å². The van der Waals surface area contributed by atoms with E-state index in [0.717, 1.165) is 11.1 Å². The lowest BCUT2D eigenvalue weighted by Gasteiger charge is -2.19. The van der Waals surface area contributed by atoms with Crippen molar-refractivity contribution in [1.29, 1.82) is 0 Å². The maximum atomic E-state index is 13.6. The molecule has 0 radical (unpaired) electrons. The van der Waals surface area contributed by atoms with Crippen LogP contribution in [0.4, 0.5) is 4.39 Å². The molecule has 0 bridgehead atoms. The summed E-state index contributed by atoms with van der Waals surface area (Å²) in [6, 6.07) is 26.7. The van der Waals surface area contributed by atoms with E-state index < -0.39 is 0 Å². The Bertz CT molecular complexity index is 800. The Kier molecular flexibility index (Phi) is 6.45. The van der Waals surface area contributed by atoms with E-state index in [1.54, 1.807) is 18.2 Å². The zero-order valence-corrected chi connectivity index (χ0v) is 15.1. The number of carbonyl (C=O) groups is 1. The Balaban J connectivity index is 1.63. The predicted octanol–water partition coefficient (Wildman–Crippen LogP) is 4.87. The van der Waals surface area contributed by atoms with Crippen LogP contribution in [0.15, 0.2) is 89.8 Å². The number of hydrogen-bond donors (Lipinski definition) is 1. The maximum Gasteiger partial charge on any atom is 0.230 e. The van der Waals surface area contributed by atoms with Crippen LogP contribution in [0.25, 0.3) is 0 Å². The molecule has 0 aliphatic heterocycles. The van der Waals surface area contributed by atoms with Gasteiger partial charge in [0.15, 0.2) is 0 Å². The van der Waals surface area contributed by atoms with E-state index in [0.29, 0.717) is 11.4 Å². The van der Waals surface area contributed by atoms with Gasteiger partial charge in [-0.15, -0.1) is 11.8 Å². The van der Waals surface area contributed by atoms with E-state index in [4.69, 9.17) is 0 Å². The second-order valence-corrected chi connectivity index (χ2v) is 6.91. The molecule has 0 heterocycles. The summed E-state index contributed by atoms with van der Waals surface area (Å²) in [5.41, 5.74) is 2.31. The fraction of sp³-hybridized carbons (Fsp3) is 0.136. The van der Waals surface area contributed by atoms with Crippen LogP contribution in [-0.4, -0.2) is 18.2 Å². The van der Waals surface area contributed by atoms with Gasteiger partial charge in [0.2, 0.25) is 5.91 Å². The molecule has 0 aliphatic rings. The van der Waals surface area contributed by atoms with Crippen LogP contribution in [0.1, 0.15) is 17.0 Å². The average molecular weight is 365 g/mol. The topological polar surface area (TPSA) is 29.1 Å². The third kappa shape index (κ3) is 4.96. The minimum absolute atomic E-state index is 0.0832. The third-order valence-corrected chi connectivity index (χ3v) is 5.15. The van der Waals surface area contributed by atoms with Crippen LogP contribution in [0, 0.1) is 5.82 Å². The summed E-state index contributed by atoms with van der Waals surface area (Å²) >= 11 is 1.21. The second kappa shape index (κ2) is 9.20. The zero-order valence-electron chi connectivity index (χ0n) is 14.3. The Morgan fingerprint density at radius 2 is 1.38 bits per heavy atom. The van der Waals surface area contributed by atoms with Crippen LogP contribution >= 0.6 is 11.8 Å². The monoisotopic (exact) mass is 365 g/mol. The SMILES string of the molecule is O=C(CSc1ccccc1F)NCC(c1ccccc1)c1ccccc1. The van der Waals surface area contributed by atoms with Crippen molar-refractivity contribution in [1.82, 2.24) is 5.32 Å². The molecule has 0 atom stereocenters. The fourth-order valence-corrected chi connectivity index (χ4v) is 3.54. The third-order valence-electron chi connectivity index (χ3n) is 4.10. The number of halogens is 1. The lowest BCUT2D eigenvalue weighted by Crippen LogP contribution is -2.30. The number of thioether (sulfide) groups is 1. The Labute approximate surface area is 157 Å². The van der Waals surface area contributed by atoms with Gasteiger partial charge < -0.3 is 5.32 Å². The van der Waals surface area contributed by atoms with Gasteiger partial charge in [-0.05, 0) is 23.3 Å². The van der Waals surface area contributed by atoms with Gasteiger partial charge in [0, 0.05) is 17.4 Å². The second-order valence-electron chi connectivity index (χ2n) is 5.90. The van der Waals surface area contributed by atoms with Crippen LogP contribution in [0.5, 0.6) is 0 Å². The summed E-state index contributed by atoms with van der Waals surface area (Å²) < 4.78 is 13.6. The number of amides is 1. The average Bonchev–Trinajstić information content (AvgIpc) is 2.69. The first-order chi connectivity index (χ1) is 12.7. The molecule has 3 rings (SSSR count). The Morgan fingerprint density at radius 1 is 0.846 bits per heavy atom. The lowest BCUT2D eigenvalue weighted by atomic mass is 9.91. The summed E-state index contributed by atoms with van der Waals surface area (Å²) in [5, 5.41) is 2.99. The largest absolute Gasteiger partial charge is 0.354 e. The molecule has 0 unspecified atom stereocenters. The molecule has 0 fully saturated rings. The molecule has 1 N–H and O–H groups in total. The first kappa shape index (κ1) is 18.2. The first-order valence-electron chi connectivity index (χ1n) is 8.48. The zero-order chi connectivity index (χ0) is 18.2. The highest BCUT2D eigenvalue weighted by molar-refractivity contribution is 8.00. The summed E-state index contributed by atoms with van der Waals surface area (Å²) in [7, 11) is 0. The quantitative estimate of drug-likeness (QED) is 0.606. The van der Waals surface area contributed by atoms with Crippen LogP contribution < -0.4 is 5.32 Å². The molecule has 0 aromatic heterocycles. The van der Waals surface area contributed by atoms with Crippen molar-refractivity contribution in [2.45, 2.75) is 10.8 Å². The molecule has 132 valence electrons. The molecule has 1 amide bonds. The number of rotatable bonds is 7. The summed E-state index contributed by atoms with van der Waals surface area (Å²) in [4.78, 5) is 12.7. The molecule has 26 heavy (non-hydrogen) atoms.